The molecule has 32 heavy (non-hydrogen) atoms. The first-order chi connectivity index (χ1) is 15.5. The van der Waals surface area contributed by atoms with E-state index in [1.807, 2.05) is 0 Å². The van der Waals surface area contributed by atoms with Gasteiger partial charge in [0.15, 0.2) is 6.54 Å². The smallest absolute Gasteiger partial charge is 0.361 e. The SMILES string of the molecule is CCCCCCCCCCCCCCCCCCCCCC[N+](C)(C)CC(=O)OCCO. The van der Waals surface area contributed by atoms with Crippen molar-refractivity contribution in [3.63, 3.8) is 0 Å². The second-order valence-corrected chi connectivity index (χ2v) is 10.5. The van der Waals surface area contributed by atoms with Crippen molar-refractivity contribution in [1.29, 1.82) is 0 Å². The van der Waals surface area contributed by atoms with Crippen LogP contribution in [0, 0.1) is 0 Å². The van der Waals surface area contributed by atoms with Crippen LogP contribution in [0.5, 0.6) is 0 Å². The molecule has 0 aliphatic carbocycles. The molecule has 4 nitrogen and oxygen atoms in total. The molecule has 4 heteroatoms. The van der Waals surface area contributed by atoms with Gasteiger partial charge in [-0.3, -0.25) is 0 Å². The lowest BCUT2D eigenvalue weighted by atomic mass is 10.0. The minimum Gasteiger partial charge on any atom is -0.459 e. The molecule has 192 valence electrons. The molecule has 0 amide bonds. The number of unbranched alkanes of at least 4 members (excludes halogenated alkanes) is 19. The zero-order chi connectivity index (χ0) is 23.8. The second kappa shape index (κ2) is 23.5. The Hall–Kier alpha value is -0.610. The van der Waals surface area contributed by atoms with Gasteiger partial charge in [0, 0.05) is 0 Å². The van der Waals surface area contributed by atoms with Gasteiger partial charge < -0.3 is 14.3 Å². The van der Waals surface area contributed by atoms with Gasteiger partial charge >= 0.3 is 5.97 Å². The molecule has 0 aromatic carbocycles. The van der Waals surface area contributed by atoms with Gasteiger partial charge in [0.1, 0.15) is 6.61 Å². The molecule has 0 aliphatic heterocycles. The Kier molecular flexibility index (Phi) is 23.1. The van der Waals surface area contributed by atoms with Gasteiger partial charge in [-0.05, 0) is 12.8 Å². The molecule has 0 spiro atoms. The summed E-state index contributed by atoms with van der Waals surface area (Å²) in [6.07, 6.45) is 28.0. The number of rotatable bonds is 25. The molecule has 0 rings (SSSR count). The highest BCUT2D eigenvalue weighted by Crippen LogP contribution is 2.15. The van der Waals surface area contributed by atoms with Crippen molar-refractivity contribution in [2.24, 2.45) is 0 Å². The highest BCUT2D eigenvalue weighted by molar-refractivity contribution is 5.70. The van der Waals surface area contributed by atoms with Crippen molar-refractivity contribution in [3.8, 4) is 0 Å². The molecule has 0 atom stereocenters. The van der Waals surface area contributed by atoms with Crippen LogP contribution in [0.25, 0.3) is 0 Å². The Morgan fingerprint density at radius 3 is 1.31 bits per heavy atom. The quantitative estimate of drug-likeness (QED) is 0.0883. The fourth-order valence-corrected chi connectivity index (χ4v) is 4.43. The summed E-state index contributed by atoms with van der Waals surface area (Å²) < 4.78 is 5.64. The highest BCUT2D eigenvalue weighted by Gasteiger charge is 2.20. The van der Waals surface area contributed by atoms with Gasteiger partial charge in [0.05, 0.1) is 27.2 Å². The summed E-state index contributed by atoms with van der Waals surface area (Å²) >= 11 is 0. The Balaban J connectivity index is 3.25. The molecule has 0 aromatic heterocycles. The summed E-state index contributed by atoms with van der Waals surface area (Å²) in [6, 6.07) is 0. The molecular weight excluding hydrogens is 398 g/mol. The summed E-state index contributed by atoms with van der Waals surface area (Å²) in [5.41, 5.74) is 0. The zero-order valence-electron chi connectivity index (χ0n) is 22.2. The van der Waals surface area contributed by atoms with E-state index in [9.17, 15) is 4.79 Å². The van der Waals surface area contributed by atoms with Crippen LogP contribution >= 0.6 is 0 Å². The maximum atomic E-state index is 11.7. The third-order valence-corrected chi connectivity index (χ3v) is 6.53. The zero-order valence-corrected chi connectivity index (χ0v) is 22.2. The van der Waals surface area contributed by atoms with Crippen LogP contribution in [-0.2, 0) is 9.53 Å². The Morgan fingerprint density at radius 2 is 0.969 bits per heavy atom. The van der Waals surface area contributed by atoms with E-state index in [1.54, 1.807) is 0 Å². The molecule has 0 bridgehead atoms. The molecular formula is C28H58NO3+. The third kappa shape index (κ3) is 24.0. The lowest BCUT2D eigenvalue weighted by molar-refractivity contribution is -0.883. The van der Waals surface area contributed by atoms with E-state index in [-0.39, 0.29) is 19.2 Å². The van der Waals surface area contributed by atoms with Crippen LogP contribution in [-0.4, -0.2) is 56.0 Å². The first kappa shape index (κ1) is 31.4. The Morgan fingerprint density at radius 1 is 0.625 bits per heavy atom. The molecule has 0 saturated heterocycles. The van der Waals surface area contributed by atoms with Crippen LogP contribution < -0.4 is 0 Å². The molecule has 0 unspecified atom stereocenters. The summed E-state index contributed by atoms with van der Waals surface area (Å²) in [7, 11) is 4.16. The Bertz CT molecular complexity index is 398. The molecule has 0 aromatic rings. The summed E-state index contributed by atoms with van der Waals surface area (Å²) in [5, 5.41) is 8.71. The van der Waals surface area contributed by atoms with Gasteiger partial charge in [0.25, 0.3) is 0 Å². The summed E-state index contributed by atoms with van der Waals surface area (Å²) in [5.74, 6) is -0.211. The van der Waals surface area contributed by atoms with Crippen LogP contribution in [0.1, 0.15) is 135 Å². The number of ether oxygens (including phenoxy) is 1. The fraction of sp³-hybridized carbons (Fsp3) is 0.964. The lowest BCUT2D eigenvalue weighted by Crippen LogP contribution is -2.45. The van der Waals surface area contributed by atoms with Crippen LogP contribution in [0.4, 0.5) is 0 Å². The monoisotopic (exact) mass is 456 g/mol. The van der Waals surface area contributed by atoms with E-state index in [2.05, 4.69) is 21.0 Å². The molecule has 0 heterocycles. The van der Waals surface area contributed by atoms with Gasteiger partial charge in [-0.1, -0.05) is 122 Å². The van der Waals surface area contributed by atoms with Gasteiger partial charge in [-0.15, -0.1) is 0 Å². The van der Waals surface area contributed by atoms with Crippen LogP contribution in [0.2, 0.25) is 0 Å². The molecule has 0 radical (unpaired) electrons. The lowest BCUT2D eigenvalue weighted by Gasteiger charge is -2.28. The molecule has 0 saturated carbocycles. The molecule has 1 N–H and O–H groups in total. The van der Waals surface area contributed by atoms with Crippen molar-refractivity contribution in [2.75, 3.05) is 40.4 Å². The average Bonchev–Trinajstić information content (AvgIpc) is 2.76. The highest BCUT2D eigenvalue weighted by atomic mass is 16.5. The number of likely N-dealkylation sites (N-methyl/N-ethyl adjacent to an activating group) is 1. The minimum atomic E-state index is -0.211. The normalized spacial score (nSPS) is 11.8. The number of quaternary nitrogens is 1. The first-order valence-electron chi connectivity index (χ1n) is 14.1. The second-order valence-electron chi connectivity index (χ2n) is 10.5. The van der Waals surface area contributed by atoms with E-state index in [0.717, 1.165) is 6.54 Å². The van der Waals surface area contributed by atoms with E-state index in [0.29, 0.717) is 11.0 Å². The largest absolute Gasteiger partial charge is 0.459 e. The van der Waals surface area contributed by atoms with Crippen molar-refractivity contribution in [3.05, 3.63) is 0 Å². The molecule has 0 fully saturated rings. The van der Waals surface area contributed by atoms with E-state index < -0.39 is 0 Å². The van der Waals surface area contributed by atoms with Crippen LogP contribution in [0.15, 0.2) is 0 Å². The molecule has 0 aliphatic rings. The maximum Gasteiger partial charge on any atom is 0.361 e. The Labute approximate surface area is 201 Å². The van der Waals surface area contributed by atoms with Crippen molar-refractivity contribution < 1.29 is 19.1 Å². The van der Waals surface area contributed by atoms with E-state index >= 15 is 0 Å². The van der Waals surface area contributed by atoms with Gasteiger partial charge in [0.2, 0.25) is 0 Å². The summed E-state index contributed by atoms with van der Waals surface area (Å²) in [4.78, 5) is 11.7. The minimum absolute atomic E-state index is 0.0987. The van der Waals surface area contributed by atoms with Gasteiger partial charge in [-0.25, -0.2) is 4.79 Å². The fourth-order valence-electron chi connectivity index (χ4n) is 4.43. The predicted octanol–water partition coefficient (Wildman–Crippen LogP) is 7.42. The van der Waals surface area contributed by atoms with Crippen molar-refractivity contribution in [2.45, 2.75) is 135 Å². The predicted molar refractivity (Wildman–Crippen MR) is 138 cm³/mol. The number of aliphatic hydroxyl groups is 1. The number of aliphatic hydroxyl groups excluding tert-OH is 1. The van der Waals surface area contributed by atoms with Crippen molar-refractivity contribution in [1.82, 2.24) is 0 Å². The van der Waals surface area contributed by atoms with Crippen molar-refractivity contribution >= 4 is 5.97 Å². The van der Waals surface area contributed by atoms with E-state index in [1.165, 1.54) is 128 Å². The number of esters is 1. The summed E-state index contributed by atoms with van der Waals surface area (Å²) in [6.45, 7) is 3.70. The number of nitrogens with zero attached hydrogens (tertiary/aromatic N) is 1. The number of carbonyl (C=O) groups is 1. The topological polar surface area (TPSA) is 46.5 Å². The van der Waals surface area contributed by atoms with Crippen LogP contribution in [0.3, 0.4) is 0 Å². The number of carbonyl (C=O) groups excluding carboxylic acids is 1. The first-order valence-corrected chi connectivity index (χ1v) is 14.1. The number of hydrogen-bond donors (Lipinski definition) is 1. The standard InChI is InChI=1S/C28H58NO3/c1-4-5-6-7-8-9-10-11-12-13-14-15-16-17-18-19-20-21-22-23-24-29(2,3)27-28(31)32-26-25-30/h30H,4-27H2,1-3H3/q+1. The number of hydrogen-bond acceptors (Lipinski definition) is 3. The maximum absolute atomic E-state index is 11.7. The average molecular weight is 457 g/mol. The van der Waals surface area contributed by atoms with Gasteiger partial charge in [-0.2, -0.15) is 0 Å². The van der Waals surface area contributed by atoms with E-state index in [4.69, 9.17) is 9.84 Å². The third-order valence-electron chi connectivity index (χ3n) is 6.53.